The van der Waals surface area contributed by atoms with Crippen LogP contribution in [0.15, 0.2) is 34.3 Å². The van der Waals surface area contributed by atoms with Gasteiger partial charge in [0.25, 0.3) is 5.91 Å². The molecule has 2 aromatic rings. The van der Waals surface area contributed by atoms with Crippen molar-refractivity contribution in [3.8, 4) is 11.4 Å². The molecule has 4 heterocycles. The first-order chi connectivity index (χ1) is 18.1. The molecule has 0 saturated carbocycles. The zero-order valence-electron chi connectivity index (χ0n) is 23.5. The van der Waals surface area contributed by atoms with Gasteiger partial charge in [0.05, 0.1) is 0 Å². The van der Waals surface area contributed by atoms with Gasteiger partial charge in [-0.15, -0.1) is 0 Å². The number of carbonyl (C=O) groups excluding carboxylic acids is 1. The molecule has 1 amide bonds. The van der Waals surface area contributed by atoms with Gasteiger partial charge < -0.3 is 14.3 Å². The van der Waals surface area contributed by atoms with E-state index in [4.69, 9.17) is 16.1 Å². The molecule has 0 atom stereocenters. The summed E-state index contributed by atoms with van der Waals surface area (Å²) < 4.78 is 6.76. The lowest BCUT2D eigenvalue weighted by atomic mass is 9.71. The number of halogens is 1. The number of hydrogen-bond donors (Lipinski definition) is 0. The lowest BCUT2D eigenvalue weighted by Gasteiger charge is -2.47. The number of amides is 1. The highest BCUT2D eigenvalue weighted by Gasteiger charge is 2.40. The van der Waals surface area contributed by atoms with Gasteiger partial charge in [0, 0.05) is 25.4 Å². The molecular formula is C29H41ClN6O2. The number of aryl methyl sites for hydroxylation is 1. The fraction of sp³-hybridized carbons (Fsp3) is 0.586. The number of likely N-dealkylation sites (tertiary alicyclic amines) is 2. The summed E-state index contributed by atoms with van der Waals surface area (Å²) >= 11 is 6.83. The van der Waals surface area contributed by atoms with Crippen LogP contribution in [0.25, 0.3) is 17.2 Å². The van der Waals surface area contributed by atoms with Crippen molar-refractivity contribution >= 4 is 29.5 Å². The molecule has 9 heteroatoms. The maximum Gasteiger partial charge on any atom is 0.259 e. The van der Waals surface area contributed by atoms with E-state index in [1.165, 1.54) is 30.5 Å². The standard InChI is InChI=1S/C29H41ClN6O2/c1-7-9-23(31-8-2)36-26(30)24(25(32-36)22-20-21(3)38-33-22)27(37)35-18-13-29(14-19-35)11-16-34(17-12-29)15-10-28(4,5)6/h7-9,20H,1,10-19H2,2-6H3/b23-9+,31-8-. The highest BCUT2D eigenvalue weighted by atomic mass is 35.5. The van der Waals surface area contributed by atoms with Crippen LogP contribution in [-0.2, 0) is 0 Å². The van der Waals surface area contributed by atoms with E-state index < -0.39 is 0 Å². The molecule has 0 unspecified atom stereocenters. The van der Waals surface area contributed by atoms with Gasteiger partial charge in [-0.2, -0.15) is 5.10 Å². The summed E-state index contributed by atoms with van der Waals surface area (Å²) in [5.41, 5.74) is 1.88. The molecule has 8 nitrogen and oxygen atoms in total. The van der Waals surface area contributed by atoms with E-state index in [0.717, 1.165) is 25.9 Å². The van der Waals surface area contributed by atoms with E-state index in [2.05, 4.69) is 47.5 Å². The third kappa shape index (κ3) is 6.29. The average Bonchev–Trinajstić information content (AvgIpc) is 3.46. The molecule has 0 aromatic carbocycles. The smallest absolute Gasteiger partial charge is 0.259 e. The molecule has 2 aliphatic rings. The van der Waals surface area contributed by atoms with Gasteiger partial charge in [-0.25, -0.2) is 9.67 Å². The molecule has 2 aliphatic heterocycles. The fourth-order valence-electron chi connectivity index (χ4n) is 5.39. The first-order valence-corrected chi connectivity index (χ1v) is 14.0. The number of aliphatic imine (C=N–C) groups is 1. The van der Waals surface area contributed by atoms with E-state index >= 15 is 0 Å². The van der Waals surface area contributed by atoms with Gasteiger partial charge >= 0.3 is 0 Å². The number of carbonyl (C=O) groups is 1. The molecule has 206 valence electrons. The molecule has 38 heavy (non-hydrogen) atoms. The highest BCUT2D eigenvalue weighted by molar-refractivity contribution is 6.34. The monoisotopic (exact) mass is 540 g/mol. The number of hydrogen-bond acceptors (Lipinski definition) is 6. The maximum atomic E-state index is 13.9. The normalized spacial score (nSPS) is 19.0. The van der Waals surface area contributed by atoms with Gasteiger partial charge in [-0.3, -0.25) is 4.79 Å². The van der Waals surface area contributed by atoms with Crippen molar-refractivity contribution in [2.45, 2.75) is 66.7 Å². The Labute approximate surface area is 231 Å². The molecular weight excluding hydrogens is 500 g/mol. The second-order valence-corrected chi connectivity index (χ2v) is 12.2. The van der Waals surface area contributed by atoms with Crippen LogP contribution in [0.3, 0.4) is 0 Å². The number of piperidine rings is 2. The van der Waals surface area contributed by atoms with Crippen LogP contribution < -0.4 is 0 Å². The number of allylic oxidation sites excluding steroid dienone is 2. The summed E-state index contributed by atoms with van der Waals surface area (Å²) in [6, 6.07) is 1.76. The van der Waals surface area contributed by atoms with Crippen LogP contribution in [-0.4, -0.2) is 69.6 Å². The molecule has 2 fully saturated rings. The molecule has 0 radical (unpaired) electrons. The third-order valence-electron chi connectivity index (χ3n) is 7.86. The number of nitrogens with zero attached hydrogens (tertiary/aromatic N) is 6. The SMILES string of the molecule is C=C/C=C(\N=C/C)n1nc(-c2cc(C)on2)c(C(=O)N2CCC3(CCN(CCC(C)(C)C)CC3)CC2)c1Cl. The van der Waals surface area contributed by atoms with E-state index in [9.17, 15) is 4.79 Å². The van der Waals surface area contributed by atoms with Gasteiger partial charge in [-0.1, -0.05) is 50.2 Å². The minimum atomic E-state index is -0.132. The van der Waals surface area contributed by atoms with Crippen LogP contribution in [0, 0.1) is 17.8 Å². The fourth-order valence-corrected chi connectivity index (χ4v) is 5.68. The molecule has 1 spiro atoms. The minimum absolute atomic E-state index is 0.132. The highest BCUT2D eigenvalue weighted by Crippen LogP contribution is 2.42. The Morgan fingerprint density at radius 3 is 2.42 bits per heavy atom. The summed E-state index contributed by atoms with van der Waals surface area (Å²) in [6.07, 6.45) is 10.6. The van der Waals surface area contributed by atoms with Crippen molar-refractivity contribution in [3.63, 3.8) is 0 Å². The number of aromatic nitrogens is 3. The van der Waals surface area contributed by atoms with Gasteiger partial charge in [0.15, 0.2) is 5.82 Å². The Hall–Kier alpha value is -2.71. The van der Waals surface area contributed by atoms with Crippen LogP contribution >= 0.6 is 11.6 Å². The third-order valence-corrected chi connectivity index (χ3v) is 8.21. The summed E-state index contributed by atoms with van der Waals surface area (Å²) in [5, 5.41) is 8.98. The number of rotatable bonds is 7. The van der Waals surface area contributed by atoms with Crippen molar-refractivity contribution in [2.24, 2.45) is 15.8 Å². The van der Waals surface area contributed by atoms with Crippen LogP contribution in [0.2, 0.25) is 5.15 Å². The summed E-state index contributed by atoms with van der Waals surface area (Å²) in [5.74, 6) is 0.961. The van der Waals surface area contributed by atoms with Crippen molar-refractivity contribution in [3.05, 3.63) is 41.3 Å². The van der Waals surface area contributed by atoms with Crippen LogP contribution in [0.5, 0.6) is 0 Å². The van der Waals surface area contributed by atoms with Gasteiger partial charge in [0.1, 0.15) is 27.9 Å². The van der Waals surface area contributed by atoms with Crippen molar-refractivity contribution in [1.29, 1.82) is 0 Å². The Morgan fingerprint density at radius 2 is 1.87 bits per heavy atom. The van der Waals surface area contributed by atoms with Gasteiger partial charge in [0.2, 0.25) is 0 Å². The first-order valence-electron chi connectivity index (χ1n) is 13.6. The second-order valence-electron chi connectivity index (χ2n) is 11.8. The van der Waals surface area contributed by atoms with E-state index in [0.29, 0.717) is 52.5 Å². The van der Waals surface area contributed by atoms with Crippen LogP contribution in [0.1, 0.15) is 75.9 Å². The zero-order valence-corrected chi connectivity index (χ0v) is 24.2. The van der Waals surface area contributed by atoms with Gasteiger partial charge in [-0.05, 0) is 82.5 Å². The predicted molar refractivity (Wildman–Crippen MR) is 153 cm³/mol. The Bertz CT molecular complexity index is 1200. The lowest BCUT2D eigenvalue weighted by Crippen LogP contribution is -2.48. The van der Waals surface area contributed by atoms with E-state index in [-0.39, 0.29) is 11.1 Å². The topological polar surface area (TPSA) is 79.8 Å². The quantitative estimate of drug-likeness (QED) is 0.303. The molecule has 0 aliphatic carbocycles. The summed E-state index contributed by atoms with van der Waals surface area (Å²) in [4.78, 5) is 22.8. The van der Waals surface area contributed by atoms with E-state index in [1.54, 1.807) is 38.3 Å². The Morgan fingerprint density at radius 1 is 1.21 bits per heavy atom. The first kappa shape index (κ1) is 28.3. The Balaban J connectivity index is 1.51. The lowest BCUT2D eigenvalue weighted by molar-refractivity contribution is 0.0283. The van der Waals surface area contributed by atoms with Crippen LogP contribution in [0.4, 0.5) is 0 Å². The minimum Gasteiger partial charge on any atom is -0.361 e. The molecule has 0 bridgehead atoms. The molecule has 2 saturated heterocycles. The second kappa shape index (κ2) is 11.6. The largest absolute Gasteiger partial charge is 0.361 e. The average molecular weight is 541 g/mol. The summed E-state index contributed by atoms with van der Waals surface area (Å²) in [6.45, 7) is 19.2. The zero-order chi connectivity index (χ0) is 27.5. The van der Waals surface area contributed by atoms with Crippen molar-refractivity contribution in [1.82, 2.24) is 24.7 Å². The molecule has 4 rings (SSSR count). The van der Waals surface area contributed by atoms with Crippen molar-refractivity contribution < 1.29 is 9.32 Å². The van der Waals surface area contributed by atoms with E-state index in [1.807, 2.05) is 4.90 Å². The summed E-state index contributed by atoms with van der Waals surface area (Å²) in [7, 11) is 0. The maximum absolute atomic E-state index is 13.9. The van der Waals surface area contributed by atoms with Crippen molar-refractivity contribution in [2.75, 3.05) is 32.7 Å². The Kier molecular flexibility index (Phi) is 8.62. The predicted octanol–water partition coefficient (Wildman–Crippen LogP) is 6.33. The molecule has 2 aromatic heterocycles. The molecule has 0 N–H and O–H groups in total.